The van der Waals surface area contributed by atoms with Crippen molar-refractivity contribution in [2.24, 2.45) is 0 Å². The summed E-state index contributed by atoms with van der Waals surface area (Å²) in [6, 6.07) is 11.3. The van der Waals surface area contributed by atoms with Gasteiger partial charge in [0.25, 0.3) is 0 Å². The van der Waals surface area contributed by atoms with Gasteiger partial charge in [-0.1, -0.05) is 56.5 Å². The van der Waals surface area contributed by atoms with Crippen molar-refractivity contribution in [2.45, 2.75) is 57.4 Å². The third kappa shape index (κ3) is 5.12. The molecule has 0 aromatic heterocycles. The van der Waals surface area contributed by atoms with Crippen molar-refractivity contribution in [3.05, 3.63) is 35.9 Å². The van der Waals surface area contributed by atoms with E-state index in [1.165, 1.54) is 37.7 Å². The summed E-state index contributed by atoms with van der Waals surface area (Å²) in [7, 11) is 0. The first-order chi connectivity index (χ1) is 9.75. The van der Waals surface area contributed by atoms with Crippen molar-refractivity contribution in [3.63, 3.8) is 0 Å². The van der Waals surface area contributed by atoms with Crippen LogP contribution in [0.3, 0.4) is 0 Å². The monoisotopic (exact) mass is 290 g/mol. The van der Waals surface area contributed by atoms with Gasteiger partial charge in [0, 0.05) is 12.6 Å². The third-order valence-electron chi connectivity index (χ3n) is 4.17. The van der Waals surface area contributed by atoms with E-state index in [9.17, 15) is 0 Å². The lowest BCUT2D eigenvalue weighted by atomic mass is 9.96. The normalized spacial score (nSPS) is 17.4. The van der Waals surface area contributed by atoms with Gasteiger partial charge in [-0.15, -0.1) is 0 Å². The van der Waals surface area contributed by atoms with Crippen LogP contribution in [-0.4, -0.2) is 17.7 Å². The van der Waals surface area contributed by atoms with Crippen LogP contribution >= 0.6 is 12.2 Å². The van der Waals surface area contributed by atoms with Crippen molar-refractivity contribution in [2.75, 3.05) is 6.54 Å². The molecule has 1 fully saturated rings. The SMILES string of the molecule is CC(CCNC(=S)NC1CCCCC1)c1ccccc1. The Morgan fingerprint density at radius 1 is 1.20 bits per heavy atom. The Balaban J connectivity index is 1.63. The van der Waals surface area contributed by atoms with Crippen LogP contribution < -0.4 is 10.6 Å². The highest BCUT2D eigenvalue weighted by molar-refractivity contribution is 7.80. The van der Waals surface area contributed by atoms with Crippen molar-refractivity contribution < 1.29 is 0 Å². The molecule has 0 heterocycles. The molecule has 0 aliphatic heterocycles. The molecule has 0 radical (unpaired) electrons. The molecule has 2 N–H and O–H groups in total. The van der Waals surface area contributed by atoms with Gasteiger partial charge in [0.15, 0.2) is 5.11 Å². The van der Waals surface area contributed by atoms with E-state index in [-0.39, 0.29) is 0 Å². The predicted molar refractivity (Wildman–Crippen MR) is 90.1 cm³/mol. The molecule has 0 bridgehead atoms. The van der Waals surface area contributed by atoms with E-state index in [4.69, 9.17) is 12.2 Å². The molecule has 1 aromatic carbocycles. The van der Waals surface area contributed by atoms with Gasteiger partial charge in [0.2, 0.25) is 0 Å². The molecule has 20 heavy (non-hydrogen) atoms. The molecule has 1 aliphatic carbocycles. The molecule has 1 saturated carbocycles. The predicted octanol–water partition coefficient (Wildman–Crippen LogP) is 3.98. The number of rotatable bonds is 5. The fourth-order valence-corrected chi connectivity index (χ4v) is 3.10. The van der Waals surface area contributed by atoms with Crippen LogP contribution in [0.15, 0.2) is 30.3 Å². The Morgan fingerprint density at radius 2 is 1.90 bits per heavy atom. The highest BCUT2D eigenvalue weighted by Gasteiger charge is 2.13. The van der Waals surface area contributed by atoms with E-state index in [0.29, 0.717) is 12.0 Å². The van der Waals surface area contributed by atoms with E-state index < -0.39 is 0 Å². The quantitative estimate of drug-likeness (QED) is 0.802. The molecule has 1 unspecified atom stereocenters. The summed E-state index contributed by atoms with van der Waals surface area (Å²) in [4.78, 5) is 0. The zero-order valence-electron chi connectivity index (χ0n) is 12.4. The Morgan fingerprint density at radius 3 is 2.60 bits per heavy atom. The summed E-state index contributed by atoms with van der Waals surface area (Å²) in [6.45, 7) is 3.21. The van der Waals surface area contributed by atoms with E-state index >= 15 is 0 Å². The minimum atomic E-state index is 0.571. The maximum Gasteiger partial charge on any atom is 0.166 e. The number of thiocarbonyl (C=S) groups is 1. The van der Waals surface area contributed by atoms with Gasteiger partial charge < -0.3 is 10.6 Å². The number of benzene rings is 1. The molecular weight excluding hydrogens is 264 g/mol. The third-order valence-corrected chi connectivity index (χ3v) is 4.43. The molecule has 1 aromatic rings. The summed E-state index contributed by atoms with van der Waals surface area (Å²) < 4.78 is 0. The Hall–Kier alpha value is -1.09. The van der Waals surface area contributed by atoms with Crippen LogP contribution in [0.5, 0.6) is 0 Å². The highest BCUT2D eigenvalue weighted by atomic mass is 32.1. The minimum Gasteiger partial charge on any atom is -0.363 e. The molecule has 0 amide bonds. The van der Waals surface area contributed by atoms with Gasteiger partial charge in [-0.3, -0.25) is 0 Å². The van der Waals surface area contributed by atoms with Crippen LogP contribution in [0.2, 0.25) is 0 Å². The maximum absolute atomic E-state index is 5.38. The van der Waals surface area contributed by atoms with Crippen LogP contribution in [0.4, 0.5) is 0 Å². The molecule has 1 aliphatic rings. The topological polar surface area (TPSA) is 24.1 Å². The van der Waals surface area contributed by atoms with Crippen LogP contribution in [-0.2, 0) is 0 Å². The zero-order valence-corrected chi connectivity index (χ0v) is 13.2. The van der Waals surface area contributed by atoms with E-state index in [2.05, 4.69) is 47.9 Å². The number of hydrogen-bond donors (Lipinski definition) is 2. The first-order valence-electron chi connectivity index (χ1n) is 7.85. The fourth-order valence-electron chi connectivity index (χ4n) is 2.83. The Kier molecular flexibility index (Phi) is 6.31. The van der Waals surface area contributed by atoms with Gasteiger partial charge in [-0.2, -0.15) is 0 Å². The zero-order chi connectivity index (χ0) is 14.2. The average Bonchev–Trinajstić information content (AvgIpc) is 2.49. The fraction of sp³-hybridized carbons (Fsp3) is 0.588. The second-order valence-electron chi connectivity index (χ2n) is 5.84. The van der Waals surface area contributed by atoms with Gasteiger partial charge >= 0.3 is 0 Å². The average molecular weight is 290 g/mol. The number of nitrogens with one attached hydrogen (secondary N) is 2. The molecule has 2 nitrogen and oxygen atoms in total. The summed E-state index contributed by atoms with van der Waals surface area (Å²) in [6.07, 6.45) is 7.70. The van der Waals surface area contributed by atoms with Gasteiger partial charge in [0.1, 0.15) is 0 Å². The van der Waals surface area contributed by atoms with E-state index in [0.717, 1.165) is 18.1 Å². The smallest absolute Gasteiger partial charge is 0.166 e. The molecule has 1 atom stereocenters. The maximum atomic E-state index is 5.38. The summed E-state index contributed by atoms with van der Waals surface area (Å²) in [5.41, 5.74) is 1.40. The molecule has 2 rings (SSSR count). The standard InChI is InChI=1S/C17H26N2S/c1-14(15-8-4-2-5-9-15)12-13-18-17(20)19-16-10-6-3-7-11-16/h2,4-5,8-9,14,16H,3,6-7,10-13H2,1H3,(H2,18,19,20). The molecule has 0 saturated heterocycles. The lowest BCUT2D eigenvalue weighted by Gasteiger charge is -2.24. The van der Waals surface area contributed by atoms with Crippen molar-refractivity contribution >= 4 is 17.3 Å². The Labute approximate surface area is 128 Å². The second kappa shape index (κ2) is 8.25. The van der Waals surface area contributed by atoms with Crippen molar-refractivity contribution in [1.82, 2.24) is 10.6 Å². The van der Waals surface area contributed by atoms with E-state index in [1.807, 2.05) is 0 Å². The lowest BCUT2D eigenvalue weighted by Crippen LogP contribution is -2.43. The van der Waals surface area contributed by atoms with Gasteiger partial charge in [-0.25, -0.2) is 0 Å². The van der Waals surface area contributed by atoms with Crippen molar-refractivity contribution in [1.29, 1.82) is 0 Å². The highest BCUT2D eigenvalue weighted by Crippen LogP contribution is 2.18. The second-order valence-corrected chi connectivity index (χ2v) is 6.24. The first kappa shape index (κ1) is 15.3. The van der Waals surface area contributed by atoms with Crippen LogP contribution in [0.1, 0.15) is 56.9 Å². The first-order valence-corrected chi connectivity index (χ1v) is 8.26. The molecule has 110 valence electrons. The summed E-state index contributed by atoms with van der Waals surface area (Å²) in [5, 5.41) is 7.63. The molecule has 0 spiro atoms. The summed E-state index contributed by atoms with van der Waals surface area (Å²) >= 11 is 5.38. The minimum absolute atomic E-state index is 0.571. The van der Waals surface area contributed by atoms with Crippen molar-refractivity contribution in [3.8, 4) is 0 Å². The van der Waals surface area contributed by atoms with Gasteiger partial charge in [0.05, 0.1) is 0 Å². The number of hydrogen-bond acceptors (Lipinski definition) is 1. The van der Waals surface area contributed by atoms with E-state index in [1.54, 1.807) is 0 Å². The largest absolute Gasteiger partial charge is 0.363 e. The Bertz CT molecular complexity index is 399. The molecular formula is C17H26N2S. The summed E-state index contributed by atoms with van der Waals surface area (Å²) in [5.74, 6) is 0.571. The van der Waals surface area contributed by atoms with Crippen LogP contribution in [0, 0.1) is 0 Å². The van der Waals surface area contributed by atoms with Gasteiger partial charge in [-0.05, 0) is 43.0 Å². The van der Waals surface area contributed by atoms with Crippen LogP contribution in [0.25, 0.3) is 0 Å². The molecule has 3 heteroatoms. The lowest BCUT2D eigenvalue weighted by molar-refractivity contribution is 0.412.